The van der Waals surface area contributed by atoms with Gasteiger partial charge in [-0.15, -0.1) is 8.78 Å². The number of benzene rings is 2. The largest absolute Gasteiger partial charge is 0.607 e. The van der Waals surface area contributed by atoms with Gasteiger partial charge in [0.05, 0.1) is 19.8 Å². The minimum atomic E-state index is -6.71. The summed E-state index contributed by atoms with van der Waals surface area (Å²) in [5, 5.41) is -6.08. The molecule has 0 saturated carbocycles. The molecule has 0 N–H and O–H groups in total. The molecule has 34 heavy (non-hydrogen) atoms. The van der Waals surface area contributed by atoms with Crippen LogP contribution in [0.4, 0.5) is 39.5 Å². The molecule has 0 fully saturated rings. The van der Waals surface area contributed by atoms with Crippen molar-refractivity contribution in [2.75, 3.05) is 0 Å². The topological polar surface area (TPSA) is 23.1 Å². The van der Waals surface area contributed by atoms with Gasteiger partial charge < -0.3 is 4.55 Å². The van der Waals surface area contributed by atoms with E-state index in [2.05, 4.69) is 31.9 Å². The SMILES string of the molecule is [O-][S+](C1=CC(Br)(c2ccccc2F)[CH]C(Br)(c2ccccc2F)C1)C(F)(F)C(F)(F)C(F)(F)F. The molecule has 0 aromatic heterocycles. The van der Waals surface area contributed by atoms with Gasteiger partial charge in [0.2, 0.25) is 0 Å². The van der Waals surface area contributed by atoms with E-state index >= 15 is 0 Å². The highest BCUT2D eigenvalue weighted by molar-refractivity contribution is 9.10. The molecule has 2 aromatic rings. The predicted molar refractivity (Wildman–Crippen MR) is 115 cm³/mol. The Morgan fingerprint density at radius 1 is 0.794 bits per heavy atom. The van der Waals surface area contributed by atoms with Crippen LogP contribution in [-0.2, 0) is 19.8 Å². The van der Waals surface area contributed by atoms with Crippen molar-refractivity contribution in [1.82, 2.24) is 0 Å². The van der Waals surface area contributed by atoms with Gasteiger partial charge in [-0.3, -0.25) is 0 Å². The average Bonchev–Trinajstić information content (AvgIpc) is 2.72. The average molecular weight is 643 g/mol. The fraction of sp³-hybridized carbons (Fsp3) is 0.286. The molecule has 0 bridgehead atoms. The van der Waals surface area contributed by atoms with Crippen molar-refractivity contribution in [3.8, 4) is 0 Å². The standard InChI is InChI=1S/C21H12Br2F9OS/c22-17(13-5-1-3-7-15(13)24)9-12(34(33)21(31,32)19(26,27)20(28,29)30)10-18(23,11-17)14-6-2-4-8-16(14)25/h1-9,11H,10H2. The molecule has 0 heterocycles. The van der Waals surface area contributed by atoms with Crippen LogP contribution < -0.4 is 0 Å². The van der Waals surface area contributed by atoms with Crippen LogP contribution in [0.2, 0.25) is 0 Å². The molecule has 2 aromatic carbocycles. The van der Waals surface area contributed by atoms with Crippen molar-refractivity contribution in [3.05, 3.63) is 88.7 Å². The second kappa shape index (κ2) is 9.04. The first kappa shape index (κ1) is 27.4. The number of rotatable bonds is 5. The van der Waals surface area contributed by atoms with E-state index in [1.54, 1.807) is 0 Å². The van der Waals surface area contributed by atoms with Gasteiger partial charge in [0.25, 0.3) is 0 Å². The number of halogens is 11. The number of allylic oxidation sites excluding steroid dienone is 2. The van der Waals surface area contributed by atoms with E-state index < -0.39 is 60.1 Å². The van der Waals surface area contributed by atoms with Crippen molar-refractivity contribution in [2.24, 2.45) is 0 Å². The van der Waals surface area contributed by atoms with Crippen LogP contribution >= 0.6 is 31.9 Å². The lowest BCUT2D eigenvalue weighted by atomic mass is 9.78. The number of hydrogen-bond acceptors (Lipinski definition) is 1. The van der Waals surface area contributed by atoms with Gasteiger partial charge >= 0.3 is 17.4 Å². The third kappa shape index (κ3) is 4.64. The maximum Gasteiger partial charge on any atom is 0.486 e. The van der Waals surface area contributed by atoms with Crippen LogP contribution in [0.1, 0.15) is 17.5 Å². The van der Waals surface area contributed by atoms with Gasteiger partial charge in [-0.05, 0) is 18.2 Å². The quantitative estimate of drug-likeness (QED) is 0.185. The third-order valence-electron chi connectivity index (χ3n) is 5.04. The molecule has 185 valence electrons. The van der Waals surface area contributed by atoms with Crippen molar-refractivity contribution < 1.29 is 44.1 Å². The maximum atomic E-state index is 14.6. The van der Waals surface area contributed by atoms with E-state index in [0.29, 0.717) is 6.08 Å². The van der Waals surface area contributed by atoms with Gasteiger partial charge in [0.15, 0.2) is 0 Å². The van der Waals surface area contributed by atoms with E-state index in [0.717, 1.165) is 12.1 Å². The Bertz CT molecular complexity index is 1110. The summed E-state index contributed by atoms with van der Waals surface area (Å²) in [4.78, 5) is -1.09. The molecule has 3 atom stereocenters. The fourth-order valence-electron chi connectivity index (χ4n) is 3.43. The van der Waals surface area contributed by atoms with Crippen molar-refractivity contribution in [2.45, 2.75) is 32.4 Å². The zero-order valence-electron chi connectivity index (χ0n) is 16.5. The van der Waals surface area contributed by atoms with Crippen molar-refractivity contribution >= 4 is 43.0 Å². The van der Waals surface area contributed by atoms with Gasteiger partial charge in [-0.1, -0.05) is 68.3 Å². The summed E-state index contributed by atoms with van der Waals surface area (Å²) in [5.41, 5.74) is -0.501. The molecule has 3 rings (SSSR count). The summed E-state index contributed by atoms with van der Waals surface area (Å²) >= 11 is 1.99. The molecule has 0 amide bonds. The summed E-state index contributed by atoms with van der Waals surface area (Å²) in [6, 6.07) is 9.64. The van der Waals surface area contributed by atoms with Crippen molar-refractivity contribution in [1.29, 1.82) is 0 Å². The smallest absolute Gasteiger partial charge is 0.486 e. The first-order chi connectivity index (χ1) is 15.5. The predicted octanol–water partition coefficient (Wildman–Crippen LogP) is 7.88. The Morgan fingerprint density at radius 2 is 1.26 bits per heavy atom. The molecule has 0 saturated heterocycles. The van der Waals surface area contributed by atoms with E-state index in [1.807, 2.05) is 0 Å². The summed E-state index contributed by atoms with van der Waals surface area (Å²) < 4.78 is 132. The Labute approximate surface area is 207 Å². The number of hydrogen-bond donors (Lipinski definition) is 0. The van der Waals surface area contributed by atoms with Crippen molar-refractivity contribution in [3.63, 3.8) is 0 Å². The molecule has 1 aliphatic carbocycles. The van der Waals surface area contributed by atoms with Gasteiger partial charge in [-0.2, -0.15) is 22.0 Å². The van der Waals surface area contributed by atoms with Crippen LogP contribution in [0, 0.1) is 18.1 Å². The lowest BCUT2D eigenvalue weighted by Crippen LogP contribution is -2.56. The first-order valence-electron chi connectivity index (χ1n) is 9.17. The lowest BCUT2D eigenvalue weighted by molar-refractivity contribution is -0.331. The Morgan fingerprint density at radius 3 is 1.74 bits per heavy atom. The molecule has 1 aliphatic rings. The third-order valence-corrected chi connectivity index (χ3v) is 8.32. The van der Waals surface area contributed by atoms with Gasteiger partial charge in [0.1, 0.15) is 16.5 Å². The second-order valence-corrected chi connectivity index (χ2v) is 11.7. The summed E-state index contributed by atoms with van der Waals surface area (Å²) in [6.45, 7) is 0. The van der Waals surface area contributed by atoms with E-state index in [-0.39, 0.29) is 11.1 Å². The summed E-state index contributed by atoms with van der Waals surface area (Å²) in [5.74, 6) is -8.44. The van der Waals surface area contributed by atoms with Gasteiger partial charge in [0, 0.05) is 24.0 Å². The zero-order chi connectivity index (χ0) is 25.7. The second-order valence-electron chi connectivity index (χ2n) is 7.38. The van der Waals surface area contributed by atoms with E-state index in [1.165, 1.54) is 42.8 Å². The van der Waals surface area contributed by atoms with Crippen LogP contribution in [0.3, 0.4) is 0 Å². The fourth-order valence-corrected chi connectivity index (χ4v) is 7.38. The zero-order valence-corrected chi connectivity index (χ0v) is 20.4. The van der Waals surface area contributed by atoms with E-state index in [4.69, 9.17) is 0 Å². The minimum Gasteiger partial charge on any atom is -0.607 e. The van der Waals surface area contributed by atoms with E-state index in [9.17, 15) is 44.1 Å². The summed E-state index contributed by atoms with van der Waals surface area (Å²) in [7, 11) is 0. The summed E-state index contributed by atoms with van der Waals surface area (Å²) in [6.07, 6.45) is -5.72. The number of alkyl halides is 9. The molecule has 1 radical (unpaired) electrons. The highest BCUT2D eigenvalue weighted by Gasteiger charge is 2.80. The Balaban J connectivity index is 2.21. The molecule has 0 spiro atoms. The molecule has 0 aliphatic heterocycles. The van der Waals surface area contributed by atoms with Crippen LogP contribution in [-0.4, -0.2) is 21.9 Å². The maximum absolute atomic E-state index is 14.6. The lowest BCUT2D eigenvalue weighted by Gasteiger charge is -2.41. The van der Waals surface area contributed by atoms with Crippen LogP contribution in [0.5, 0.6) is 0 Å². The monoisotopic (exact) mass is 641 g/mol. The highest BCUT2D eigenvalue weighted by Crippen LogP contribution is 2.58. The Hall–Kier alpha value is -1.18. The van der Waals surface area contributed by atoms with Crippen LogP contribution in [0.25, 0.3) is 0 Å². The first-order valence-corrected chi connectivity index (χ1v) is 11.9. The highest BCUT2D eigenvalue weighted by atomic mass is 79.9. The molecule has 3 unspecified atom stereocenters. The molecule has 13 heteroatoms. The normalized spacial score (nSPS) is 25.1. The Kier molecular flexibility index (Phi) is 7.29. The van der Waals surface area contributed by atoms with Gasteiger partial charge in [-0.25, -0.2) is 8.78 Å². The molecular weight excluding hydrogens is 631 g/mol. The minimum absolute atomic E-state index is 0.233. The van der Waals surface area contributed by atoms with Crippen LogP contribution in [0.15, 0.2) is 59.5 Å². The molecule has 1 nitrogen and oxygen atoms in total. The molecular formula is C21H12Br2F9OS.